The topological polar surface area (TPSA) is 91.1 Å². The van der Waals surface area contributed by atoms with E-state index >= 15 is 0 Å². The van der Waals surface area contributed by atoms with Crippen LogP contribution in [-0.2, 0) is 6.54 Å². The van der Waals surface area contributed by atoms with Crippen LogP contribution < -0.4 is 11.5 Å². The van der Waals surface area contributed by atoms with Gasteiger partial charge in [0.2, 0.25) is 5.91 Å². The van der Waals surface area contributed by atoms with Crippen LogP contribution in [0.2, 0.25) is 0 Å². The van der Waals surface area contributed by atoms with Crippen molar-refractivity contribution in [3.05, 3.63) is 63.5 Å². The van der Waals surface area contributed by atoms with Gasteiger partial charge in [-0.05, 0) is 29.1 Å². The number of aromatic nitrogens is 2. The van der Waals surface area contributed by atoms with Gasteiger partial charge in [0.05, 0.1) is 11.4 Å². The molecule has 0 unspecified atom stereocenters. The molecule has 0 bridgehead atoms. The first-order valence-corrected chi connectivity index (χ1v) is 7.02. The third-order valence-electron chi connectivity index (χ3n) is 2.91. The lowest BCUT2D eigenvalue weighted by molar-refractivity contribution is 0.100. The monoisotopic (exact) mass is 301 g/mol. The maximum atomic E-state index is 11.8. The van der Waals surface area contributed by atoms with Crippen LogP contribution in [0.15, 0.2) is 51.0 Å². The first-order valence-electron chi connectivity index (χ1n) is 6.14. The van der Waals surface area contributed by atoms with Crippen LogP contribution >= 0.6 is 11.3 Å². The third-order valence-corrected chi connectivity index (χ3v) is 3.77. The number of primary amides is 1. The third kappa shape index (κ3) is 2.77. The predicted molar refractivity (Wildman–Crippen MR) is 78.1 cm³/mol. The second kappa shape index (κ2) is 5.37. The van der Waals surface area contributed by atoms with Crippen molar-refractivity contribution in [2.45, 2.75) is 6.54 Å². The van der Waals surface area contributed by atoms with Gasteiger partial charge in [0.1, 0.15) is 0 Å². The highest BCUT2D eigenvalue weighted by Crippen LogP contribution is 2.21. The minimum Gasteiger partial charge on any atom is -0.387 e. The van der Waals surface area contributed by atoms with Crippen LogP contribution in [0.25, 0.3) is 10.8 Å². The Hall–Kier alpha value is -2.67. The number of benzene rings is 1. The summed E-state index contributed by atoms with van der Waals surface area (Å²) in [5, 5.41) is 6.05. The maximum Gasteiger partial charge on any atom is 0.437 e. The second-order valence-corrected chi connectivity index (χ2v) is 5.32. The molecule has 106 valence electrons. The molecule has 3 rings (SSSR count). The smallest absolute Gasteiger partial charge is 0.387 e. The van der Waals surface area contributed by atoms with E-state index in [0.717, 1.165) is 10.4 Å². The first kappa shape index (κ1) is 13.3. The van der Waals surface area contributed by atoms with Crippen molar-refractivity contribution in [3.63, 3.8) is 0 Å². The molecule has 2 N–H and O–H groups in total. The molecule has 1 aromatic carbocycles. The quantitative estimate of drug-likeness (QED) is 0.794. The van der Waals surface area contributed by atoms with Gasteiger partial charge in [-0.3, -0.25) is 4.79 Å². The van der Waals surface area contributed by atoms with Gasteiger partial charge in [-0.15, -0.1) is 16.4 Å². The zero-order valence-electron chi connectivity index (χ0n) is 10.9. The molecule has 0 radical (unpaired) electrons. The lowest BCUT2D eigenvalue weighted by Crippen LogP contribution is -2.17. The number of thiophene rings is 1. The summed E-state index contributed by atoms with van der Waals surface area (Å²) in [6.07, 6.45) is 0. The van der Waals surface area contributed by atoms with Crippen molar-refractivity contribution in [2.75, 3.05) is 0 Å². The van der Waals surface area contributed by atoms with E-state index in [4.69, 9.17) is 10.2 Å². The Labute approximate surface area is 123 Å². The van der Waals surface area contributed by atoms with E-state index in [2.05, 4.69) is 5.10 Å². The Morgan fingerprint density at radius 3 is 2.67 bits per heavy atom. The Morgan fingerprint density at radius 1 is 1.29 bits per heavy atom. The summed E-state index contributed by atoms with van der Waals surface area (Å²) in [5.41, 5.74) is 6.43. The molecule has 0 aliphatic carbocycles. The number of carbonyl (C=O) groups excluding carboxylic acids is 1. The molecule has 0 saturated heterocycles. The van der Waals surface area contributed by atoms with Crippen LogP contribution in [-0.4, -0.2) is 15.7 Å². The van der Waals surface area contributed by atoms with Crippen molar-refractivity contribution >= 4 is 17.2 Å². The summed E-state index contributed by atoms with van der Waals surface area (Å²) in [7, 11) is 0. The summed E-state index contributed by atoms with van der Waals surface area (Å²) in [6, 6.07) is 10.4. The number of amides is 1. The Balaban J connectivity index is 1.85. The SMILES string of the molecule is NC(=O)c1ccc(Cn2nc(-c3cccs3)oc2=O)cc1. The van der Waals surface area contributed by atoms with Crippen LogP contribution in [0, 0.1) is 0 Å². The van der Waals surface area contributed by atoms with Crippen molar-refractivity contribution in [2.24, 2.45) is 5.73 Å². The van der Waals surface area contributed by atoms with E-state index in [-0.39, 0.29) is 6.54 Å². The lowest BCUT2D eigenvalue weighted by atomic mass is 10.1. The van der Waals surface area contributed by atoms with Gasteiger partial charge in [0.25, 0.3) is 5.89 Å². The minimum atomic E-state index is -0.516. The summed E-state index contributed by atoms with van der Waals surface area (Å²) < 4.78 is 6.37. The first-order chi connectivity index (χ1) is 10.1. The molecule has 2 aromatic heterocycles. The minimum absolute atomic E-state index is 0.271. The van der Waals surface area contributed by atoms with Crippen LogP contribution in [0.1, 0.15) is 15.9 Å². The second-order valence-electron chi connectivity index (χ2n) is 4.37. The summed E-state index contributed by atoms with van der Waals surface area (Å²) in [6.45, 7) is 0.271. The van der Waals surface area contributed by atoms with Crippen molar-refractivity contribution in [3.8, 4) is 10.8 Å². The maximum absolute atomic E-state index is 11.8. The van der Waals surface area contributed by atoms with Gasteiger partial charge in [-0.2, -0.15) is 4.68 Å². The van der Waals surface area contributed by atoms with Gasteiger partial charge >= 0.3 is 5.76 Å². The van der Waals surface area contributed by atoms with Crippen LogP contribution in [0.3, 0.4) is 0 Å². The fourth-order valence-corrected chi connectivity index (χ4v) is 2.50. The van der Waals surface area contributed by atoms with Gasteiger partial charge in [0.15, 0.2) is 0 Å². The number of carbonyl (C=O) groups is 1. The average molecular weight is 301 g/mol. The number of nitrogens with zero attached hydrogens (tertiary/aromatic N) is 2. The fraction of sp³-hybridized carbons (Fsp3) is 0.0714. The number of rotatable bonds is 4. The normalized spacial score (nSPS) is 10.7. The molecule has 0 aliphatic rings. The largest absolute Gasteiger partial charge is 0.437 e. The molecule has 6 nitrogen and oxygen atoms in total. The average Bonchev–Trinajstić information content (AvgIpc) is 3.10. The van der Waals surface area contributed by atoms with E-state index in [9.17, 15) is 9.59 Å². The van der Waals surface area contributed by atoms with Crippen LogP contribution in [0.4, 0.5) is 0 Å². The molecule has 0 atom stereocenters. The van der Waals surface area contributed by atoms with Crippen molar-refractivity contribution in [1.82, 2.24) is 9.78 Å². The van der Waals surface area contributed by atoms with Gasteiger partial charge in [0, 0.05) is 5.56 Å². The van der Waals surface area contributed by atoms with E-state index < -0.39 is 11.7 Å². The van der Waals surface area contributed by atoms with Gasteiger partial charge < -0.3 is 10.2 Å². The molecule has 7 heteroatoms. The van der Waals surface area contributed by atoms with Gasteiger partial charge in [-0.25, -0.2) is 4.79 Å². The van der Waals surface area contributed by atoms with Crippen molar-refractivity contribution in [1.29, 1.82) is 0 Å². The standard InChI is InChI=1S/C14H11N3O3S/c15-12(18)10-5-3-9(4-6-10)8-17-14(19)20-13(16-17)11-2-1-7-21-11/h1-7H,8H2,(H2,15,18). The highest BCUT2D eigenvalue weighted by molar-refractivity contribution is 7.13. The molecule has 1 amide bonds. The Bertz CT molecular complexity index is 816. The summed E-state index contributed by atoms with van der Waals surface area (Å²) in [5.74, 6) is -0.693. The number of hydrogen-bond acceptors (Lipinski definition) is 5. The molecular formula is C14H11N3O3S. The zero-order valence-corrected chi connectivity index (χ0v) is 11.7. The highest BCUT2D eigenvalue weighted by Gasteiger charge is 2.11. The van der Waals surface area contributed by atoms with E-state index in [0.29, 0.717) is 11.5 Å². The molecular weight excluding hydrogens is 290 g/mol. The molecule has 3 aromatic rings. The lowest BCUT2D eigenvalue weighted by Gasteiger charge is -2.00. The summed E-state index contributed by atoms with van der Waals surface area (Å²) in [4.78, 5) is 23.6. The van der Waals surface area contributed by atoms with Crippen molar-refractivity contribution < 1.29 is 9.21 Å². The molecule has 0 aliphatic heterocycles. The molecule has 0 fully saturated rings. The number of nitrogens with two attached hydrogens (primary N) is 1. The van der Waals surface area contributed by atoms with E-state index in [1.54, 1.807) is 24.3 Å². The number of hydrogen-bond donors (Lipinski definition) is 1. The van der Waals surface area contributed by atoms with Gasteiger partial charge in [-0.1, -0.05) is 18.2 Å². The van der Waals surface area contributed by atoms with Crippen LogP contribution in [0.5, 0.6) is 0 Å². The van der Waals surface area contributed by atoms with E-state index in [1.165, 1.54) is 16.0 Å². The molecule has 0 spiro atoms. The Kier molecular flexibility index (Phi) is 3.41. The predicted octanol–water partition coefficient (Wildman–Crippen LogP) is 1.71. The molecule has 2 heterocycles. The zero-order chi connectivity index (χ0) is 14.8. The van der Waals surface area contributed by atoms with E-state index in [1.807, 2.05) is 17.5 Å². The Morgan fingerprint density at radius 2 is 2.05 bits per heavy atom. The summed E-state index contributed by atoms with van der Waals surface area (Å²) >= 11 is 1.45. The fourth-order valence-electron chi connectivity index (χ4n) is 1.85. The molecule has 21 heavy (non-hydrogen) atoms. The highest BCUT2D eigenvalue weighted by atomic mass is 32.1. The molecule has 0 saturated carbocycles.